The quantitative estimate of drug-likeness (QED) is 0.495. The molecule has 1 nitrogen and oxygen atoms in total. The van der Waals surface area contributed by atoms with Gasteiger partial charge in [0, 0.05) is 9.60 Å². The van der Waals surface area contributed by atoms with Crippen LogP contribution in [0.4, 0.5) is 0 Å². The molecule has 0 heterocycles. The van der Waals surface area contributed by atoms with Crippen molar-refractivity contribution < 1.29 is 16.1 Å². The van der Waals surface area contributed by atoms with Gasteiger partial charge in [0.2, 0.25) is 0 Å². The van der Waals surface area contributed by atoms with E-state index in [1.54, 1.807) is 0 Å². The van der Waals surface area contributed by atoms with Crippen LogP contribution in [0, 0.1) is 0 Å². The Labute approximate surface area is 43.9 Å². The van der Waals surface area contributed by atoms with Crippen LogP contribution in [0.15, 0.2) is 0 Å². The third kappa shape index (κ3) is 3.96. The molecule has 0 aliphatic rings. The molecule has 1 N–H and O–H groups in total. The molecule has 0 spiro atoms. The van der Waals surface area contributed by atoms with E-state index in [-0.39, 0.29) is 0 Å². The normalized spacial score (nSPS) is 50.8. The molecular formula is C4H10O. The third-order valence-corrected chi connectivity index (χ3v) is 0.137. The van der Waals surface area contributed by atoms with Crippen molar-refractivity contribution in [1.29, 1.82) is 0 Å². The molecule has 1 unspecified atom stereocenters. The second-order valence-electron chi connectivity index (χ2n) is 0.493. The summed E-state index contributed by atoms with van der Waals surface area (Å²) in [6, 6.07) is 0. The average Bonchev–Trinajstić information content (AvgIpc) is 1.84. The topological polar surface area (TPSA) is 20.2 Å². The smallest absolute Gasteiger partial charge is 0.0597 e. The summed E-state index contributed by atoms with van der Waals surface area (Å²) in [6.07, 6.45) is -6.56. The van der Waals surface area contributed by atoms with Gasteiger partial charge in [-0.15, -0.1) is 0 Å². The van der Waals surface area contributed by atoms with Gasteiger partial charge in [-0.1, -0.05) is 6.88 Å². The molecular weight excluding hydrogens is 64.0 g/mol. The molecule has 0 saturated heterocycles. The molecule has 0 fully saturated rings. The van der Waals surface area contributed by atoms with Crippen LogP contribution in [0.25, 0.3) is 0 Å². The Morgan fingerprint density at radius 2 is 3.40 bits per heavy atom. The lowest BCUT2D eigenvalue weighted by molar-refractivity contribution is 0.191. The van der Waals surface area contributed by atoms with Crippen molar-refractivity contribution in [3.8, 4) is 0 Å². The maximum absolute atomic E-state index is 9.04. The van der Waals surface area contributed by atoms with Gasteiger partial charge < -0.3 is 5.11 Å². The molecule has 0 saturated carbocycles. The minimum atomic E-state index is -3.44. The van der Waals surface area contributed by atoms with Crippen LogP contribution >= 0.6 is 0 Å². The Kier molecular flexibility index (Phi) is 0.241. The Morgan fingerprint density at radius 1 is 2.60 bits per heavy atom. The minimum Gasteiger partial charge on any atom is -0.393 e. The molecule has 1 heteroatoms. The van der Waals surface area contributed by atoms with E-state index in [0.717, 1.165) is 0 Å². The minimum absolute atomic E-state index is 2.24. The van der Waals surface area contributed by atoms with Crippen LogP contribution in [0.1, 0.15) is 31.1 Å². The monoisotopic (exact) mass is 82.1 g/mol. The number of rotatable bonds is 1. The van der Waals surface area contributed by atoms with E-state index in [9.17, 15) is 0 Å². The molecule has 0 aliphatic heterocycles. The van der Waals surface area contributed by atoms with Crippen LogP contribution in [-0.2, 0) is 0 Å². The van der Waals surface area contributed by atoms with E-state index in [0.29, 0.717) is 0 Å². The maximum Gasteiger partial charge on any atom is 0.0597 e. The van der Waals surface area contributed by atoms with Crippen LogP contribution in [-0.4, -0.2) is 11.2 Å². The maximum atomic E-state index is 9.04. The van der Waals surface area contributed by atoms with Gasteiger partial charge in [0.25, 0.3) is 0 Å². The summed E-state index contributed by atoms with van der Waals surface area (Å²) >= 11 is 0. The first-order valence-corrected chi connectivity index (χ1v) is 1.01. The fourth-order valence-electron chi connectivity index (χ4n) is 0. The highest BCUT2D eigenvalue weighted by Gasteiger charge is 1.81. The van der Waals surface area contributed by atoms with E-state index < -0.39 is 26.2 Å². The predicted octanol–water partition coefficient (Wildman–Crippen LogP) is 0.777. The van der Waals surface area contributed by atoms with Gasteiger partial charge in [0.1, 0.15) is 0 Å². The fourth-order valence-corrected chi connectivity index (χ4v) is 0. The van der Waals surface area contributed by atoms with Gasteiger partial charge in [-0.2, -0.15) is 0 Å². The molecule has 1 atom stereocenters. The molecule has 0 rings (SSSR count). The number of hydrogen-bond acceptors (Lipinski definition) is 1. The zero-order valence-electron chi connectivity index (χ0n) is 10.5. The molecule has 0 amide bonds. The first-order chi connectivity index (χ1) is 5.44. The van der Waals surface area contributed by atoms with E-state index >= 15 is 0 Å². The van der Waals surface area contributed by atoms with Crippen molar-refractivity contribution in [2.24, 2.45) is 0 Å². The lowest BCUT2D eigenvalue weighted by atomic mass is 10.3. The molecule has 0 aromatic carbocycles. The van der Waals surface area contributed by atoms with Crippen LogP contribution in [0.3, 0.4) is 0 Å². The SMILES string of the molecule is [2H]C([2H])C([2H])([2H])C([2H])(O)C([2H])([2H])[2H]. The number of hydrogen-bond donors (Lipinski definition) is 1. The summed E-state index contributed by atoms with van der Waals surface area (Å²) in [7, 11) is 0. The van der Waals surface area contributed by atoms with E-state index in [2.05, 4.69) is 0 Å². The van der Waals surface area contributed by atoms with Gasteiger partial charge in [-0.25, -0.2) is 0 Å². The lowest BCUT2D eigenvalue weighted by Crippen LogP contribution is -1.93. The molecule has 0 aromatic heterocycles. The molecule has 0 aliphatic carbocycles. The van der Waals surface area contributed by atoms with Crippen molar-refractivity contribution in [3.05, 3.63) is 0 Å². The van der Waals surface area contributed by atoms with Crippen LogP contribution < -0.4 is 0 Å². The van der Waals surface area contributed by atoms with Crippen molar-refractivity contribution in [2.75, 3.05) is 0 Å². The standard InChI is InChI=1S/C4H10O/c1-3-4(2)5/h4-5H,3H2,1-2H3/i1D2,2D3,3D2,4D. The van der Waals surface area contributed by atoms with Crippen molar-refractivity contribution in [3.63, 3.8) is 0 Å². The summed E-state index contributed by atoms with van der Waals surface area (Å²) < 4.78 is 54.1. The summed E-state index contributed by atoms with van der Waals surface area (Å²) in [4.78, 5) is 0. The number of aliphatic hydroxyl groups is 1. The molecule has 0 bridgehead atoms. The zero-order valence-corrected chi connectivity index (χ0v) is 2.52. The molecule has 0 aromatic rings. The highest BCUT2D eigenvalue weighted by atomic mass is 16.3. The average molecular weight is 82.2 g/mol. The van der Waals surface area contributed by atoms with Crippen LogP contribution in [0.5, 0.6) is 0 Å². The Balaban J connectivity index is 5.04. The van der Waals surface area contributed by atoms with Crippen molar-refractivity contribution in [2.45, 2.75) is 26.2 Å². The highest BCUT2D eigenvalue weighted by molar-refractivity contribution is 4.34. The molecule has 5 heavy (non-hydrogen) atoms. The zero-order chi connectivity index (χ0) is 11.1. The van der Waals surface area contributed by atoms with Gasteiger partial charge >= 0.3 is 0 Å². The van der Waals surface area contributed by atoms with E-state index in [1.807, 2.05) is 0 Å². The summed E-state index contributed by atoms with van der Waals surface area (Å²) in [5, 5.41) is 9.04. The Morgan fingerprint density at radius 3 is 3.60 bits per heavy atom. The third-order valence-electron chi connectivity index (χ3n) is 0.137. The first kappa shape index (κ1) is 0.544. The van der Waals surface area contributed by atoms with Gasteiger partial charge in [-0.05, 0) is 13.2 Å². The second kappa shape index (κ2) is 2.21. The second-order valence-corrected chi connectivity index (χ2v) is 0.493. The largest absolute Gasteiger partial charge is 0.393 e. The molecule has 0 radical (unpaired) electrons. The lowest BCUT2D eigenvalue weighted by Gasteiger charge is -1.90. The Bertz CT molecular complexity index is 181. The highest BCUT2D eigenvalue weighted by Crippen LogP contribution is 1.81. The Hall–Kier alpha value is -0.0400. The summed E-state index contributed by atoms with van der Waals surface area (Å²) in [5.41, 5.74) is 0. The molecule has 32 valence electrons. The van der Waals surface area contributed by atoms with Crippen molar-refractivity contribution in [1.82, 2.24) is 0 Å². The summed E-state index contributed by atoms with van der Waals surface area (Å²) in [5.74, 6) is 0. The summed E-state index contributed by atoms with van der Waals surface area (Å²) in [6.45, 7) is -5.52. The van der Waals surface area contributed by atoms with Gasteiger partial charge in [0.05, 0.1) is 7.45 Å². The van der Waals surface area contributed by atoms with Crippen molar-refractivity contribution >= 4 is 0 Å². The van der Waals surface area contributed by atoms with Gasteiger partial charge in [0.15, 0.2) is 0 Å². The van der Waals surface area contributed by atoms with E-state index in [4.69, 9.17) is 16.1 Å². The van der Waals surface area contributed by atoms with Gasteiger partial charge in [-0.3, -0.25) is 0 Å². The first-order valence-electron chi connectivity index (χ1n) is 5.17. The van der Waals surface area contributed by atoms with E-state index in [1.165, 1.54) is 0 Å². The fraction of sp³-hybridized carbons (Fsp3) is 1.00. The predicted molar refractivity (Wildman–Crippen MR) is 22.0 cm³/mol. The van der Waals surface area contributed by atoms with Crippen LogP contribution in [0.2, 0.25) is 0 Å².